The monoisotopic (exact) mass is 635 g/mol. The lowest BCUT2D eigenvalue weighted by molar-refractivity contribution is -0.384. The molecule has 0 aromatic heterocycles. The number of methoxy groups -OCH3 is 2. The molecule has 14 heteroatoms. The SMILES string of the molecule is COC(=O)C1=C(C)NC(C(F)(F)F)=C(C(=O)OC)C1c1cc([N+](=O)[O-])ccc1OCCCCNCCCOc1ccccc1C. The number of benzene rings is 2. The number of carbonyl (C=O) groups is 2. The van der Waals surface area contributed by atoms with E-state index in [9.17, 15) is 32.9 Å². The summed E-state index contributed by atoms with van der Waals surface area (Å²) in [5, 5.41) is 17.0. The van der Waals surface area contributed by atoms with Crippen LogP contribution in [0.15, 0.2) is 65.0 Å². The first-order valence-corrected chi connectivity index (χ1v) is 14.2. The van der Waals surface area contributed by atoms with E-state index >= 15 is 0 Å². The zero-order chi connectivity index (χ0) is 33.1. The van der Waals surface area contributed by atoms with E-state index in [4.69, 9.17) is 14.2 Å². The van der Waals surface area contributed by atoms with Crippen LogP contribution >= 0.6 is 0 Å². The Hall–Kier alpha value is -4.59. The van der Waals surface area contributed by atoms with Gasteiger partial charge in [-0.15, -0.1) is 0 Å². The van der Waals surface area contributed by atoms with Crippen LogP contribution in [0.3, 0.4) is 0 Å². The molecule has 45 heavy (non-hydrogen) atoms. The summed E-state index contributed by atoms with van der Waals surface area (Å²) in [4.78, 5) is 36.6. The van der Waals surface area contributed by atoms with Crippen molar-refractivity contribution in [3.63, 3.8) is 0 Å². The minimum Gasteiger partial charge on any atom is -0.493 e. The average Bonchev–Trinajstić information content (AvgIpc) is 3.01. The number of nitro benzene ring substituents is 1. The van der Waals surface area contributed by atoms with Crippen molar-refractivity contribution in [3.05, 3.63) is 86.2 Å². The average molecular weight is 636 g/mol. The van der Waals surface area contributed by atoms with Gasteiger partial charge in [0, 0.05) is 23.4 Å². The Bertz CT molecular complexity index is 1460. The number of allylic oxidation sites excluding steroid dienone is 2. The molecule has 244 valence electrons. The molecule has 1 atom stereocenters. The van der Waals surface area contributed by atoms with Gasteiger partial charge >= 0.3 is 18.1 Å². The number of rotatable bonds is 15. The third kappa shape index (κ3) is 8.97. The van der Waals surface area contributed by atoms with Crippen LogP contribution in [-0.4, -0.2) is 63.6 Å². The second kappa shape index (κ2) is 15.9. The van der Waals surface area contributed by atoms with Crippen molar-refractivity contribution in [3.8, 4) is 11.5 Å². The van der Waals surface area contributed by atoms with Crippen LogP contribution in [0.2, 0.25) is 0 Å². The maximum Gasteiger partial charge on any atom is 0.431 e. The molecule has 0 spiro atoms. The molecule has 11 nitrogen and oxygen atoms in total. The van der Waals surface area contributed by atoms with Crippen LogP contribution < -0.4 is 20.1 Å². The van der Waals surface area contributed by atoms with Gasteiger partial charge in [0.15, 0.2) is 0 Å². The van der Waals surface area contributed by atoms with Gasteiger partial charge in [-0.1, -0.05) is 18.2 Å². The molecule has 0 amide bonds. The molecule has 0 bridgehead atoms. The zero-order valence-electron chi connectivity index (χ0n) is 25.4. The number of non-ortho nitro benzene ring substituents is 1. The van der Waals surface area contributed by atoms with Gasteiger partial charge in [-0.3, -0.25) is 10.1 Å². The van der Waals surface area contributed by atoms with Crippen LogP contribution in [0.4, 0.5) is 18.9 Å². The van der Waals surface area contributed by atoms with Crippen molar-refractivity contribution in [1.82, 2.24) is 10.6 Å². The number of hydrogen-bond donors (Lipinski definition) is 2. The Morgan fingerprint density at radius 1 is 0.911 bits per heavy atom. The van der Waals surface area contributed by atoms with E-state index < -0.39 is 45.9 Å². The largest absolute Gasteiger partial charge is 0.493 e. The summed E-state index contributed by atoms with van der Waals surface area (Å²) in [7, 11) is 1.91. The number of ether oxygens (including phenoxy) is 4. The van der Waals surface area contributed by atoms with Crippen LogP contribution in [0, 0.1) is 17.0 Å². The summed E-state index contributed by atoms with van der Waals surface area (Å²) in [6, 6.07) is 11.1. The maximum absolute atomic E-state index is 14.2. The molecule has 1 unspecified atom stereocenters. The first-order chi connectivity index (χ1) is 21.4. The number of carbonyl (C=O) groups excluding carboxylic acids is 2. The topological polar surface area (TPSA) is 138 Å². The molecule has 0 fully saturated rings. The van der Waals surface area contributed by atoms with Gasteiger partial charge < -0.3 is 29.6 Å². The van der Waals surface area contributed by atoms with E-state index in [1.165, 1.54) is 13.0 Å². The molecule has 3 rings (SSSR count). The van der Waals surface area contributed by atoms with E-state index in [1.54, 1.807) is 0 Å². The molecule has 0 saturated carbocycles. The minimum atomic E-state index is -5.06. The number of alkyl halides is 3. The van der Waals surface area contributed by atoms with Gasteiger partial charge in [0.05, 0.1) is 49.4 Å². The molecular weight excluding hydrogens is 599 g/mol. The summed E-state index contributed by atoms with van der Waals surface area (Å²) < 4.78 is 63.6. The Morgan fingerprint density at radius 2 is 1.53 bits per heavy atom. The molecule has 2 aromatic carbocycles. The quantitative estimate of drug-likeness (QED) is 0.116. The van der Waals surface area contributed by atoms with Crippen molar-refractivity contribution in [2.24, 2.45) is 0 Å². The Labute approximate surface area is 258 Å². The maximum atomic E-state index is 14.2. The molecule has 0 saturated heterocycles. The molecule has 0 radical (unpaired) electrons. The lowest BCUT2D eigenvalue weighted by Crippen LogP contribution is -2.38. The summed E-state index contributed by atoms with van der Waals surface area (Å²) in [5.41, 5.74) is -2.64. The summed E-state index contributed by atoms with van der Waals surface area (Å²) in [5.74, 6) is -3.37. The highest BCUT2D eigenvalue weighted by Crippen LogP contribution is 2.46. The second-order valence-corrected chi connectivity index (χ2v) is 10.1. The summed E-state index contributed by atoms with van der Waals surface area (Å²) in [6.07, 6.45) is -3.06. The molecule has 0 aliphatic carbocycles. The lowest BCUT2D eigenvalue weighted by Gasteiger charge is -2.32. The number of unbranched alkanes of at least 4 members (excludes halogenated alkanes) is 1. The molecule has 1 aliphatic rings. The summed E-state index contributed by atoms with van der Waals surface area (Å²) >= 11 is 0. The van der Waals surface area contributed by atoms with Crippen molar-refractivity contribution < 1.29 is 46.6 Å². The van der Waals surface area contributed by atoms with E-state index in [1.807, 2.05) is 31.2 Å². The number of dihydropyridines is 1. The van der Waals surface area contributed by atoms with Crippen molar-refractivity contribution in [1.29, 1.82) is 0 Å². The zero-order valence-corrected chi connectivity index (χ0v) is 25.4. The highest BCUT2D eigenvalue weighted by Gasteiger charge is 2.48. The van der Waals surface area contributed by atoms with Crippen LogP contribution in [-0.2, 0) is 19.1 Å². The van der Waals surface area contributed by atoms with Crippen LogP contribution in [0.5, 0.6) is 11.5 Å². The number of esters is 2. The van der Waals surface area contributed by atoms with E-state index in [0.29, 0.717) is 26.0 Å². The highest BCUT2D eigenvalue weighted by molar-refractivity contribution is 6.00. The number of nitro groups is 1. The van der Waals surface area contributed by atoms with Crippen molar-refractivity contribution in [2.45, 2.75) is 45.2 Å². The number of nitrogens with zero attached hydrogens (tertiary/aromatic N) is 1. The van der Waals surface area contributed by atoms with Crippen molar-refractivity contribution >= 4 is 17.6 Å². The number of halogens is 3. The molecule has 1 heterocycles. The second-order valence-electron chi connectivity index (χ2n) is 10.1. The van der Waals surface area contributed by atoms with Crippen molar-refractivity contribution in [2.75, 3.05) is 40.5 Å². The van der Waals surface area contributed by atoms with Crippen LogP contribution in [0.25, 0.3) is 0 Å². The van der Waals surface area contributed by atoms with Crippen LogP contribution in [0.1, 0.15) is 43.2 Å². The normalized spacial score (nSPS) is 15.0. The smallest absolute Gasteiger partial charge is 0.431 e. The third-order valence-corrected chi connectivity index (χ3v) is 7.03. The Balaban J connectivity index is 1.76. The fourth-order valence-electron chi connectivity index (χ4n) is 4.84. The first kappa shape index (κ1) is 34.9. The Morgan fingerprint density at radius 3 is 2.18 bits per heavy atom. The predicted molar refractivity (Wildman–Crippen MR) is 158 cm³/mol. The fourth-order valence-corrected chi connectivity index (χ4v) is 4.84. The number of nitrogens with one attached hydrogen (secondary N) is 2. The predicted octanol–water partition coefficient (Wildman–Crippen LogP) is 5.24. The summed E-state index contributed by atoms with van der Waals surface area (Å²) in [6.45, 7) is 5.23. The number of hydrogen-bond acceptors (Lipinski definition) is 10. The van der Waals surface area contributed by atoms with Gasteiger partial charge in [-0.25, -0.2) is 9.59 Å². The molecule has 2 aromatic rings. The molecule has 2 N–H and O–H groups in total. The lowest BCUT2D eigenvalue weighted by atomic mass is 9.79. The number of para-hydroxylation sites is 1. The third-order valence-electron chi connectivity index (χ3n) is 7.03. The van der Waals surface area contributed by atoms with Gasteiger partial charge in [0.1, 0.15) is 17.2 Å². The Kier molecular flexibility index (Phi) is 12.4. The molecule has 1 aliphatic heterocycles. The van der Waals surface area contributed by atoms with Gasteiger partial charge in [0.25, 0.3) is 5.69 Å². The highest BCUT2D eigenvalue weighted by atomic mass is 19.4. The van der Waals surface area contributed by atoms with Gasteiger partial charge in [-0.05, 0) is 63.9 Å². The van der Waals surface area contributed by atoms with E-state index in [0.717, 1.165) is 50.6 Å². The minimum absolute atomic E-state index is 0.0362. The van der Waals surface area contributed by atoms with Gasteiger partial charge in [-0.2, -0.15) is 13.2 Å². The fraction of sp³-hybridized carbons (Fsp3) is 0.419. The standard InChI is InChI=1S/C31H36F3N3O8/c1-19-10-5-6-11-23(19)44-17-9-15-35-14-7-8-16-45-24-13-12-21(37(40)41)18-22(24)26-25(29(38)42-3)20(2)36-28(31(32,33)34)27(26)30(39)43-4/h5-6,10-13,18,26,35-36H,7-9,14-17H2,1-4H3. The van der Waals surface area contributed by atoms with E-state index in [-0.39, 0.29) is 29.2 Å². The molecular formula is C31H36F3N3O8. The van der Waals surface area contributed by atoms with E-state index in [2.05, 4.69) is 15.4 Å². The first-order valence-electron chi connectivity index (χ1n) is 14.2. The van der Waals surface area contributed by atoms with Gasteiger partial charge in [0.2, 0.25) is 0 Å². The number of aryl methyl sites for hydroxylation is 1.